The van der Waals surface area contributed by atoms with Crippen molar-refractivity contribution in [2.24, 2.45) is 0 Å². The Bertz CT molecular complexity index is 858. The number of carbonyl (C=O) groups is 1. The molecule has 1 fully saturated rings. The van der Waals surface area contributed by atoms with Gasteiger partial charge in [0.15, 0.2) is 0 Å². The predicted octanol–water partition coefficient (Wildman–Crippen LogP) is 0.665. The number of rotatable bonds is 3. The van der Waals surface area contributed by atoms with Gasteiger partial charge in [-0.3, -0.25) is 9.48 Å². The standard InChI is InChI=1S/C16H18N6O2/c23-15(10-22-13-5-2-1-4-12(13)8-18-22)21-7-3-6-16(24,11-21)14-9-17-20-19-14/h1-2,4-5,8-9,24H,3,6-7,10-11H2,(H,17,19,20). The van der Waals surface area contributed by atoms with Gasteiger partial charge in [0.2, 0.25) is 5.91 Å². The highest BCUT2D eigenvalue weighted by Crippen LogP contribution is 2.29. The van der Waals surface area contributed by atoms with E-state index in [4.69, 9.17) is 0 Å². The molecule has 8 heteroatoms. The minimum Gasteiger partial charge on any atom is -0.382 e. The van der Waals surface area contributed by atoms with Crippen molar-refractivity contribution in [1.82, 2.24) is 30.1 Å². The summed E-state index contributed by atoms with van der Waals surface area (Å²) in [4.78, 5) is 14.4. The van der Waals surface area contributed by atoms with Crippen molar-refractivity contribution >= 4 is 16.8 Å². The lowest BCUT2D eigenvalue weighted by molar-refractivity contribution is -0.139. The number of amides is 1. The van der Waals surface area contributed by atoms with Gasteiger partial charge in [0.1, 0.15) is 17.8 Å². The monoisotopic (exact) mass is 326 g/mol. The number of likely N-dealkylation sites (tertiary alicyclic amines) is 1. The number of piperidine rings is 1. The summed E-state index contributed by atoms with van der Waals surface area (Å²) >= 11 is 0. The van der Waals surface area contributed by atoms with E-state index in [0.29, 0.717) is 18.7 Å². The average Bonchev–Trinajstić information content (AvgIpc) is 3.26. The summed E-state index contributed by atoms with van der Waals surface area (Å²) < 4.78 is 1.70. The van der Waals surface area contributed by atoms with E-state index in [1.54, 1.807) is 15.8 Å². The van der Waals surface area contributed by atoms with Crippen molar-refractivity contribution in [1.29, 1.82) is 0 Å². The molecule has 0 bridgehead atoms. The number of aromatic amines is 1. The third-order valence-corrected chi connectivity index (χ3v) is 4.55. The number of nitrogens with one attached hydrogen (secondary N) is 1. The molecule has 0 spiro atoms. The van der Waals surface area contributed by atoms with E-state index < -0.39 is 5.60 Å². The van der Waals surface area contributed by atoms with Crippen LogP contribution in [0.1, 0.15) is 18.5 Å². The molecule has 1 aromatic carbocycles. The van der Waals surface area contributed by atoms with Crippen LogP contribution in [0.3, 0.4) is 0 Å². The number of fused-ring (bicyclic) bond motifs is 1. The molecule has 0 radical (unpaired) electrons. The van der Waals surface area contributed by atoms with Crippen molar-refractivity contribution in [3.8, 4) is 0 Å². The van der Waals surface area contributed by atoms with Gasteiger partial charge in [-0.05, 0) is 18.9 Å². The largest absolute Gasteiger partial charge is 0.382 e. The number of aliphatic hydroxyl groups is 1. The number of β-amino-alcohol motifs (C(OH)–C–C–N with tert-alkyl or cyclic N) is 1. The Balaban J connectivity index is 1.52. The third kappa shape index (κ3) is 2.54. The van der Waals surface area contributed by atoms with Gasteiger partial charge in [-0.15, -0.1) is 0 Å². The second-order valence-electron chi connectivity index (χ2n) is 6.17. The van der Waals surface area contributed by atoms with Crippen LogP contribution in [0.2, 0.25) is 0 Å². The molecule has 4 rings (SSSR count). The maximum absolute atomic E-state index is 12.7. The van der Waals surface area contributed by atoms with Gasteiger partial charge < -0.3 is 10.0 Å². The van der Waals surface area contributed by atoms with Gasteiger partial charge in [0, 0.05) is 11.9 Å². The average molecular weight is 326 g/mol. The molecule has 24 heavy (non-hydrogen) atoms. The number of aromatic nitrogens is 5. The van der Waals surface area contributed by atoms with Crippen LogP contribution in [-0.4, -0.2) is 54.2 Å². The Labute approximate surface area is 138 Å². The molecule has 0 aliphatic carbocycles. The van der Waals surface area contributed by atoms with E-state index in [2.05, 4.69) is 20.5 Å². The molecular formula is C16H18N6O2. The molecule has 8 nitrogen and oxygen atoms in total. The summed E-state index contributed by atoms with van der Waals surface area (Å²) in [5, 5.41) is 26.4. The van der Waals surface area contributed by atoms with Crippen molar-refractivity contribution in [2.45, 2.75) is 25.0 Å². The SMILES string of the molecule is O=C(Cn1ncc2ccccc21)N1CCCC(O)(c2cn[nH]n2)C1. The molecule has 0 saturated carbocycles. The van der Waals surface area contributed by atoms with Gasteiger partial charge in [-0.2, -0.15) is 20.5 Å². The van der Waals surface area contributed by atoms with Crippen LogP contribution in [-0.2, 0) is 16.9 Å². The Morgan fingerprint density at radius 1 is 1.33 bits per heavy atom. The summed E-state index contributed by atoms with van der Waals surface area (Å²) in [7, 11) is 0. The Morgan fingerprint density at radius 3 is 3.04 bits per heavy atom. The molecule has 124 valence electrons. The first kappa shape index (κ1) is 14.8. The van der Waals surface area contributed by atoms with E-state index in [0.717, 1.165) is 17.3 Å². The molecule has 2 aromatic heterocycles. The van der Waals surface area contributed by atoms with Crippen molar-refractivity contribution < 1.29 is 9.90 Å². The number of benzene rings is 1. The highest BCUT2D eigenvalue weighted by atomic mass is 16.3. The molecular weight excluding hydrogens is 308 g/mol. The minimum absolute atomic E-state index is 0.0644. The van der Waals surface area contributed by atoms with Gasteiger partial charge in [-0.1, -0.05) is 18.2 Å². The van der Waals surface area contributed by atoms with Gasteiger partial charge in [0.25, 0.3) is 0 Å². The number of para-hydroxylation sites is 1. The summed E-state index contributed by atoms with van der Waals surface area (Å²) in [6.45, 7) is 0.998. The molecule has 1 saturated heterocycles. The molecule has 1 unspecified atom stereocenters. The van der Waals surface area contributed by atoms with Crippen LogP contribution in [0.4, 0.5) is 0 Å². The van der Waals surface area contributed by atoms with Crippen molar-refractivity contribution in [2.75, 3.05) is 13.1 Å². The number of H-pyrrole nitrogens is 1. The van der Waals surface area contributed by atoms with E-state index in [1.807, 2.05) is 24.3 Å². The molecule has 1 aliphatic rings. The minimum atomic E-state index is -1.15. The van der Waals surface area contributed by atoms with Gasteiger partial charge in [-0.25, -0.2) is 0 Å². The fraction of sp³-hybridized carbons (Fsp3) is 0.375. The second-order valence-corrected chi connectivity index (χ2v) is 6.17. The van der Waals surface area contributed by atoms with Crippen LogP contribution in [0.15, 0.2) is 36.7 Å². The lowest BCUT2D eigenvalue weighted by Gasteiger charge is -2.38. The molecule has 1 amide bonds. The smallest absolute Gasteiger partial charge is 0.244 e. The number of nitrogens with zero attached hydrogens (tertiary/aromatic N) is 5. The Kier molecular flexibility index (Phi) is 3.53. The summed E-state index contributed by atoms with van der Waals surface area (Å²) in [5.74, 6) is -0.0644. The number of hydrogen-bond acceptors (Lipinski definition) is 5. The van der Waals surface area contributed by atoms with Crippen LogP contribution in [0.25, 0.3) is 10.9 Å². The lowest BCUT2D eigenvalue weighted by atomic mass is 9.90. The van der Waals surface area contributed by atoms with Crippen LogP contribution >= 0.6 is 0 Å². The zero-order valence-electron chi connectivity index (χ0n) is 13.1. The lowest BCUT2D eigenvalue weighted by Crippen LogP contribution is -2.49. The predicted molar refractivity (Wildman–Crippen MR) is 85.8 cm³/mol. The normalized spacial score (nSPS) is 21.3. The summed E-state index contributed by atoms with van der Waals surface area (Å²) in [6, 6.07) is 7.78. The van der Waals surface area contributed by atoms with Crippen molar-refractivity contribution in [3.63, 3.8) is 0 Å². The van der Waals surface area contributed by atoms with E-state index in [-0.39, 0.29) is 19.0 Å². The summed E-state index contributed by atoms with van der Waals surface area (Å²) in [6.07, 6.45) is 4.54. The first-order chi connectivity index (χ1) is 11.7. The highest BCUT2D eigenvalue weighted by Gasteiger charge is 2.38. The summed E-state index contributed by atoms with van der Waals surface area (Å²) in [5.41, 5.74) is 0.256. The zero-order chi connectivity index (χ0) is 16.6. The highest BCUT2D eigenvalue weighted by molar-refractivity contribution is 5.82. The molecule has 3 aromatic rings. The number of carbonyl (C=O) groups excluding carboxylic acids is 1. The maximum atomic E-state index is 12.7. The zero-order valence-corrected chi connectivity index (χ0v) is 13.1. The van der Waals surface area contributed by atoms with Crippen LogP contribution < -0.4 is 0 Å². The molecule has 1 atom stereocenters. The molecule has 1 aliphatic heterocycles. The van der Waals surface area contributed by atoms with E-state index >= 15 is 0 Å². The third-order valence-electron chi connectivity index (χ3n) is 4.55. The van der Waals surface area contributed by atoms with Gasteiger partial charge in [0.05, 0.1) is 24.5 Å². The first-order valence-corrected chi connectivity index (χ1v) is 7.93. The Hall–Kier alpha value is -2.74. The topological polar surface area (TPSA) is 99.9 Å². The van der Waals surface area contributed by atoms with E-state index in [1.165, 1.54) is 6.20 Å². The maximum Gasteiger partial charge on any atom is 0.244 e. The Morgan fingerprint density at radius 2 is 2.21 bits per heavy atom. The second kappa shape index (κ2) is 5.72. The van der Waals surface area contributed by atoms with Crippen LogP contribution in [0, 0.1) is 0 Å². The van der Waals surface area contributed by atoms with Gasteiger partial charge >= 0.3 is 0 Å². The van der Waals surface area contributed by atoms with E-state index in [9.17, 15) is 9.90 Å². The first-order valence-electron chi connectivity index (χ1n) is 7.93. The molecule has 2 N–H and O–H groups in total. The fourth-order valence-corrected chi connectivity index (χ4v) is 3.26. The number of hydrogen-bond donors (Lipinski definition) is 2. The molecule has 3 heterocycles. The quantitative estimate of drug-likeness (QED) is 0.737. The fourth-order valence-electron chi connectivity index (χ4n) is 3.26. The van der Waals surface area contributed by atoms with Crippen LogP contribution in [0.5, 0.6) is 0 Å². The van der Waals surface area contributed by atoms with Crippen molar-refractivity contribution in [3.05, 3.63) is 42.4 Å².